The van der Waals surface area contributed by atoms with Crippen molar-refractivity contribution in [2.24, 2.45) is 0 Å². The van der Waals surface area contributed by atoms with Crippen molar-refractivity contribution in [1.82, 2.24) is 29.5 Å². The Balaban J connectivity index is 0.00000245. The molecule has 2 aromatic carbocycles. The zero-order chi connectivity index (χ0) is 34.3. The molecular formula is C36H47N7O4. The largest absolute Gasteiger partial charge is 0.444 e. The maximum absolute atomic E-state index is 12.5. The van der Waals surface area contributed by atoms with Crippen molar-refractivity contribution in [1.29, 1.82) is 0 Å². The van der Waals surface area contributed by atoms with Gasteiger partial charge in [-0.05, 0) is 63.8 Å². The van der Waals surface area contributed by atoms with E-state index in [1.165, 1.54) is 6.33 Å². The SMILES string of the molecule is CC.Cc1ccccc1/C(=C(\OC=O)C(C)n1nc(C)c2c(N)ncnc21)c1ccc(CN2CCN(C(=O)OC(C)(C)C)CC2)cc1. The second kappa shape index (κ2) is 15.2. The first kappa shape index (κ1) is 35.1. The molecule has 0 radical (unpaired) electrons. The monoisotopic (exact) mass is 641 g/mol. The zero-order valence-corrected chi connectivity index (χ0v) is 28.8. The van der Waals surface area contributed by atoms with Crippen LogP contribution in [0.5, 0.6) is 0 Å². The number of hydrogen-bond donors (Lipinski definition) is 1. The van der Waals surface area contributed by atoms with E-state index in [0.717, 1.165) is 47.5 Å². The average Bonchev–Trinajstić information content (AvgIpc) is 3.39. The number of fused-ring (bicyclic) bond motifs is 1. The summed E-state index contributed by atoms with van der Waals surface area (Å²) in [6.07, 6.45) is 1.14. The summed E-state index contributed by atoms with van der Waals surface area (Å²) < 4.78 is 13.1. The summed E-state index contributed by atoms with van der Waals surface area (Å²) in [5.41, 5.74) is 11.7. The van der Waals surface area contributed by atoms with Crippen molar-refractivity contribution in [3.63, 3.8) is 0 Å². The number of aryl methyl sites for hydroxylation is 2. The van der Waals surface area contributed by atoms with E-state index >= 15 is 0 Å². The van der Waals surface area contributed by atoms with Crippen LogP contribution < -0.4 is 5.73 Å². The number of amides is 1. The molecule has 1 atom stereocenters. The number of benzene rings is 2. The van der Waals surface area contributed by atoms with E-state index in [2.05, 4.69) is 39.1 Å². The molecule has 5 rings (SSSR count). The number of ether oxygens (including phenoxy) is 2. The van der Waals surface area contributed by atoms with E-state index in [4.69, 9.17) is 20.3 Å². The molecule has 2 N–H and O–H groups in total. The molecular weight excluding hydrogens is 594 g/mol. The Kier molecular flexibility index (Phi) is 11.4. The summed E-state index contributed by atoms with van der Waals surface area (Å²) in [6, 6.07) is 15.8. The molecule has 11 nitrogen and oxygen atoms in total. The summed E-state index contributed by atoms with van der Waals surface area (Å²) in [5.74, 6) is 0.783. The summed E-state index contributed by atoms with van der Waals surface area (Å²) >= 11 is 0. The van der Waals surface area contributed by atoms with Gasteiger partial charge in [-0.1, -0.05) is 62.4 Å². The van der Waals surface area contributed by atoms with Gasteiger partial charge in [-0.15, -0.1) is 0 Å². The van der Waals surface area contributed by atoms with Crippen LogP contribution in [0.1, 0.15) is 75.5 Å². The minimum absolute atomic E-state index is 0.265. The Morgan fingerprint density at radius 2 is 1.66 bits per heavy atom. The molecule has 2 aromatic heterocycles. The number of anilines is 1. The molecule has 4 aromatic rings. The summed E-state index contributed by atoms with van der Waals surface area (Å²) in [4.78, 5) is 37.1. The predicted molar refractivity (Wildman–Crippen MR) is 184 cm³/mol. The van der Waals surface area contributed by atoms with Gasteiger partial charge in [-0.3, -0.25) is 9.69 Å². The second-order valence-corrected chi connectivity index (χ2v) is 12.4. The molecule has 0 spiro atoms. The van der Waals surface area contributed by atoms with Crippen LogP contribution in [0.3, 0.4) is 0 Å². The number of nitrogen functional groups attached to an aromatic ring is 1. The number of piperazine rings is 1. The van der Waals surface area contributed by atoms with Crippen molar-refractivity contribution in [3.05, 3.63) is 88.6 Å². The molecule has 1 aliphatic rings. The van der Waals surface area contributed by atoms with Gasteiger partial charge in [0.15, 0.2) is 5.65 Å². The molecule has 1 aliphatic heterocycles. The Morgan fingerprint density at radius 3 is 2.28 bits per heavy atom. The molecule has 1 amide bonds. The smallest absolute Gasteiger partial charge is 0.410 e. The highest BCUT2D eigenvalue weighted by molar-refractivity contribution is 5.88. The Bertz CT molecular complexity index is 1720. The van der Waals surface area contributed by atoms with Crippen molar-refractivity contribution in [3.8, 4) is 0 Å². The number of carbonyl (C=O) groups excluding carboxylic acids is 2. The van der Waals surface area contributed by atoms with Crippen molar-refractivity contribution >= 4 is 35.0 Å². The first-order valence-corrected chi connectivity index (χ1v) is 16.1. The number of allylic oxidation sites excluding steroid dienone is 1. The van der Waals surface area contributed by atoms with Crippen LogP contribution in [0.15, 0.2) is 60.6 Å². The third-order valence-electron chi connectivity index (χ3n) is 7.95. The first-order chi connectivity index (χ1) is 22.5. The summed E-state index contributed by atoms with van der Waals surface area (Å²) in [5, 5.41) is 5.39. The number of nitrogens with zero attached hydrogens (tertiary/aromatic N) is 6. The topological polar surface area (TPSA) is 129 Å². The van der Waals surface area contributed by atoms with Crippen LogP contribution in [0.4, 0.5) is 10.6 Å². The van der Waals surface area contributed by atoms with Crippen LogP contribution in [0.25, 0.3) is 16.6 Å². The molecule has 0 aliphatic carbocycles. The third-order valence-corrected chi connectivity index (χ3v) is 7.95. The lowest BCUT2D eigenvalue weighted by molar-refractivity contribution is -0.125. The maximum atomic E-state index is 12.5. The van der Waals surface area contributed by atoms with Crippen LogP contribution in [0, 0.1) is 13.8 Å². The summed E-state index contributed by atoms with van der Waals surface area (Å²) in [6.45, 7) is 19.4. The van der Waals surface area contributed by atoms with Gasteiger partial charge < -0.3 is 20.1 Å². The van der Waals surface area contributed by atoms with Gasteiger partial charge in [0.05, 0.1) is 11.1 Å². The lowest BCUT2D eigenvalue weighted by atomic mass is 9.91. The lowest BCUT2D eigenvalue weighted by Crippen LogP contribution is -2.49. The van der Waals surface area contributed by atoms with Crippen LogP contribution in [-0.4, -0.2) is 73.9 Å². The number of carbonyl (C=O) groups is 2. The van der Waals surface area contributed by atoms with Crippen LogP contribution in [-0.2, 0) is 20.8 Å². The van der Waals surface area contributed by atoms with Gasteiger partial charge in [0.25, 0.3) is 6.47 Å². The normalized spacial score (nSPS) is 14.9. The van der Waals surface area contributed by atoms with Gasteiger partial charge in [0.2, 0.25) is 0 Å². The minimum Gasteiger partial charge on any atom is -0.444 e. The number of nitrogens with two attached hydrogens (primary N) is 1. The second-order valence-electron chi connectivity index (χ2n) is 12.4. The fourth-order valence-corrected chi connectivity index (χ4v) is 5.70. The van der Waals surface area contributed by atoms with Gasteiger partial charge in [0.1, 0.15) is 29.5 Å². The number of rotatable bonds is 8. The van der Waals surface area contributed by atoms with E-state index in [-0.39, 0.29) is 6.09 Å². The van der Waals surface area contributed by atoms with Crippen molar-refractivity contribution in [2.45, 2.75) is 73.6 Å². The quantitative estimate of drug-likeness (QED) is 0.174. The molecule has 250 valence electrons. The Hall–Kier alpha value is -4.77. The summed E-state index contributed by atoms with van der Waals surface area (Å²) in [7, 11) is 0. The van der Waals surface area contributed by atoms with Crippen molar-refractivity contribution in [2.75, 3.05) is 31.9 Å². The molecule has 1 saturated heterocycles. The molecule has 47 heavy (non-hydrogen) atoms. The van der Waals surface area contributed by atoms with E-state index < -0.39 is 11.6 Å². The van der Waals surface area contributed by atoms with Gasteiger partial charge in [-0.25, -0.2) is 19.4 Å². The predicted octanol–water partition coefficient (Wildman–Crippen LogP) is 6.30. The van der Waals surface area contributed by atoms with E-state index in [0.29, 0.717) is 47.9 Å². The molecule has 11 heteroatoms. The lowest BCUT2D eigenvalue weighted by Gasteiger charge is -2.35. The molecule has 3 heterocycles. The van der Waals surface area contributed by atoms with Gasteiger partial charge >= 0.3 is 6.09 Å². The standard InChI is InChI=1S/C34H41N7O4.C2H6/c1-22-9-7-8-10-27(22)29(30(44-21-42)24(3)41-32-28(23(2)38-41)31(35)36-20-37-32)26-13-11-25(12-14-26)19-39-15-17-40(18-16-39)33(43)45-34(4,5)6;1-2/h7-14,20-21,24H,15-19H2,1-6H3,(H2,35,36,37);1-2H3/b30-29-;. The molecule has 0 bridgehead atoms. The van der Waals surface area contributed by atoms with E-state index in [9.17, 15) is 9.59 Å². The number of hydrogen-bond acceptors (Lipinski definition) is 9. The Labute approximate surface area is 277 Å². The highest BCUT2D eigenvalue weighted by Gasteiger charge is 2.27. The Morgan fingerprint density at radius 1 is 1.00 bits per heavy atom. The highest BCUT2D eigenvalue weighted by atomic mass is 16.6. The van der Waals surface area contributed by atoms with Crippen LogP contribution in [0.2, 0.25) is 0 Å². The van der Waals surface area contributed by atoms with Gasteiger partial charge in [0, 0.05) is 38.3 Å². The third kappa shape index (κ3) is 8.15. The highest BCUT2D eigenvalue weighted by Crippen LogP contribution is 2.36. The minimum atomic E-state index is -0.510. The van der Waals surface area contributed by atoms with E-state index in [1.807, 2.05) is 79.7 Å². The molecule has 1 fully saturated rings. The average molecular weight is 642 g/mol. The van der Waals surface area contributed by atoms with Gasteiger partial charge in [-0.2, -0.15) is 5.10 Å². The first-order valence-electron chi connectivity index (χ1n) is 16.1. The molecule has 1 unspecified atom stereocenters. The fraction of sp³-hybridized carbons (Fsp3) is 0.417. The zero-order valence-electron chi connectivity index (χ0n) is 28.8. The maximum Gasteiger partial charge on any atom is 0.410 e. The number of aromatic nitrogens is 4. The van der Waals surface area contributed by atoms with E-state index in [1.54, 1.807) is 9.58 Å². The van der Waals surface area contributed by atoms with Crippen LogP contribution >= 0.6 is 0 Å². The molecule has 0 saturated carbocycles. The van der Waals surface area contributed by atoms with Crippen molar-refractivity contribution < 1.29 is 19.1 Å². The fourth-order valence-electron chi connectivity index (χ4n) is 5.70.